The fourth-order valence-electron chi connectivity index (χ4n) is 6.27. The summed E-state index contributed by atoms with van der Waals surface area (Å²) in [5.74, 6) is -10.5. The Morgan fingerprint density at radius 3 is 2.40 bits per heavy atom. The number of aliphatic hydroxyl groups is 3. The van der Waals surface area contributed by atoms with Crippen molar-refractivity contribution >= 4 is 29.5 Å². The zero-order chi connectivity index (χ0) is 29.8. The molecule has 0 spiro atoms. The first kappa shape index (κ1) is 28.6. The summed E-state index contributed by atoms with van der Waals surface area (Å²) in [5.41, 5.74) is 1.02. The Kier molecular flexibility index (Phi) is 7.15. The molecule has 1 aromatic rings. The molecule has 13 nitrogen and oxygen atoms in total. The van der Waals surface area contributed by atoms with E-state index in [1.807, 2.05) is 0 Å². The van der Waals surface area contributed by atoms with Crippen LogP contribution in [0.3, 0.4) is 0 Å². The number of carbonyl (C=O) groups is 4. The van der Waals surface area contributed by atoms with Crippen LogP contribution < -0.4 is 5.73 Å². The van der Waals surface area contributed by atoms with Gasteiger partial charge in [0.25, 0.3) is 5.91 Å². The molecule has 1 amide bonds. The van der Waals surface area contributed by atoms with Gasteiger partial charge in [0.15, 0.2) is 5.78 Å². The maximum Gasteiger partial charge on any atom is 0.330 e. The molecular weight excluding hydrogens is 526 g/mol. The molecule has 6 atom stereocenters. The van der Waals surface area contributed by atoms with Gasteiger partial charge in [0, 0.05) is 23.1 Å². The molecule has 6 N–H and O–H groups in total. The van der Waals surface area contributed by atoms with Crippen LogP contribution in [0.4, 0.5) is 0 Å². The lowest BCUT2D eigenvalue weighted by atomic mass is 9.54. The lowest BCUT2D eigenvalue weighted by molar-refractivity contribution is -0.137. The van der Waals surface area contributed by atoms with Crippen molar-refractivity contribution in [2.45, 2.75) is 37.5 Å². The zero-order valence-electron chi connectivity index (χ0n) is 22.1. The van der Waals surface area contributed by atoms with Crippen LogP contribution in [-0.2, 0) is 19.1 Å². The highest BCUT2D eigenvalue weighted by molar-refractivity contribution is 6.25. The minimum atomic E-state index is -2.87. The maximum atomic E-state index is 13.9. The largest absolute Gasteiger partial charge is 0.510 e. The van der Waals surface area contributed by atoms with Crippen molar-refractivity contribution in [3.05, 3.63) is 62.5 Å². The minimum Gasteiger partial charge on any atom is -0.510 e. The van der Waals surface area contributed by atoms with Gasteiger partial charge in [-0.15, -0.1) is 4.91 Å². The number of hydrogen-bond donors (Lipinski definition) is 5. The number of hydrogen-bond acceptors (Lipinski definition) is 12. The molecule has 13 heteroatoms. The van der Waals surface area contributed by atoms with E-state index in [2.05, 4.69) is 5.18 Å². The van der Waals surface area contributed by atoms with E-state index in [-0.39, 0.29) is 17.7 Å². The van der Waals surface area contributed by atoms with Gasteiger partial charge in [-0.1, -0.05) is 19.1 Å². The van der Waals surface area contributed by atoms with Crippen LogP contribution in [0.15, 0.2) is 46.1 Å². The number of rotatable bonds is 6. The van der Waals surface area contributed by atoms with Crippen LogP contribution in [0.1, 0.15) is 41.3 Å². The van der Waals surface area contributed by atoms with E-state index in [9.17, 15) is 44.5 Å². The van der Waals surface area contributed by atoms with Crippen molar-refractivity contribution in [3.63, 3.8) is 0 Å². The highest BCUT2D eigenvalue weighted by Crippen LogP contribution is 2.56. The molecule has 0 aromatic heterocycles. The zero-order valence-corrected chi connectivity index (χ0v) is 22.1. The Hall–Kier alpha value is -4.36. The van der Waals surface area contributed by atoms with Crippen LogP contribution in [0.2, 0.25) is 0 Å². The maximum absolute atomic E-state index is 13.9. The van der Waals surface area contributed by atoms with Gasteiger partial charge >= 0.3 is 5.97 Å². The monoisotopic (exact) mass is 555 g/mol. The number of phenolic OH excluding ortho intramolecular Hbond substituents is 1. The molecule has 0 unspecified atom stereocenters. The summed E-state index contributed by atoms with van der Waals surface area (Å²) in [6.45, 7) is 3.35. The molecule has 0 bridgehead atoms. The molecule has 0 radical (unpaired) electrons. The molecule has 0 heterocycles. The number of benzene rings is 1. The van der Waals surface area contributed by atoms with Crippen molar-refractivity contribution in [1.82, 2.24) is 4.90 Å². The summed E-state index contributed by atoms with van der Waals surface area (Å²) in [5, 5.41) is 48.0. The minimum absolute atomic E-state index is 0.0636. The van der Waals surface area contributed by atoms with E-state index in [0.717, 1.165) is 6.08 Å². The summed E-state index contributed by atoms with van der Waals surface area (Å²) in [7, 11) is 2.89. The second-order valence-corrected chi connectivity index (χ2v) is 10.2. The third kappa shape index (κ3) is 3.76. The fourth-order valence-corrected chi connectivity index (χ4v) is 6.27. The quantitative estimate of drug-likeness (QED) is 0.144. The lowest BCUT2D eigenvalue weighted by Crippen LogP contribution is -2.67. The summed E-state index contributed by atoms with van der Waals surface area (Å²) >= 11 is 0. The number of carbonyl (C=O) groups excluding carboxylic acids is 4. The van der Waals surface area contributed by atoms with Gasteiger partial charge in [-0.25, -0.2) is 4.79 Å². The van der Waals surface area contributed by atoms with E-state index in [4.69, 9.17) is 10.5 Å². The molecule has 212 valence electrons. The first-order chi connectivity index (χ1) is 18.8. The van der Waals surface area contributed by atoms with Gasteiger partial charge in [0.1, 0.15) is 22.8 Å². The van der Waals surface area contributed by atoms with Gasteiger partial charge in [-0.3, -0.25) is 19.3 Å². The van der Waals surface area contributed by atoms with Crippen LogP contribution in [0.25, 0.3) is 6.08 Å². The smallest absolute Gasteiger partial charge is 0.330 e. The van der Waals surface area contributed by atoms with Crippen LogP contribution >= 0.6 is 0 Å². The Balaban J connectivity index is 1.99. The first-order valence-electron chi connectivity index (χ1n) is 12.4. The number of esters is 1. The van der Waals surface area contributed by atoms with E-state index in [1.165, 1.54) is 37.2 Å². The van der Waals surface area contributed by atoms with E-state index in [0.29, 0.717) is 5.56 Å². The van der Waals surface area contributed by atoms with Gasteiger partial charge < -0.3 is 30.9 Å². The van der Waals surface area contributed by atoms with Crippen molar-refractivity contribution in [1.29, 1.82) is 0 Å². The van der Waals surface area contributed by atoms with E-state index >= 15 is 0 Å². The molecule has 3 aliphatic rings. The molecule has 0 fully saturated rings. The summed E-state index contributed by atoms with van der Waals surface area (Å²) in [4.78, 5) is 65.2. The number of aromatic hydroxyl groups is 1. The number of nitrogens with two attached hydrogens (primary N) is 1. The topological polar surface area (TPSA) is 217 Å². The fraction of sp³-hybridized carbons (Fsp3) is 0.407. The third-order valence-corrected chi connectivity index (χ3v) is 7.99. The lowest BCUT2D eigenvalue weighted by Gasteiger charge is -2.52. The summed E-state index contributed by atoms with van der Waals surface area (Å²) in [6.07, 6.45) is 0.563. The number of nitrogens with zero attached hydrogens (tertiary/aromatic N) is 2. The number of amides is 1. The number of aliphatic hydroxyl groups excluding tert-OH is 3. The summed E-state index contributed by atoms with van der Waals surface area (Å²) in [6, 6.07) is 1.60. The van der Waals surface area contributed by atoms with Crippen LogP contribution in [0.5, 0.6) is 5.75 Å². The number of likely N-dealkylation sites (N-methyl/N-ethyl adjacent to an activating group) is 1. The number of primary amides is 1. The highest BCUT2D eigenvalue weighted by Gasteiger charge is 2.69. The molecule has 0 saturated carbocycles. The molecular formula is C27H29N3O10. The third-order valence-electron chi connectivity index (χ3n) is 7.99. The van der Waals surface area contributed by atoms with Crippen molar-refractivity contribution < 1.29 is 44.3 Å². The van der Waals surface area contributed by atoms with Crippen LogP contribution in [0, 0.1) is 16.7 Å². The van der Waals surface area contributed by atoms with Crippen molar-refractivity contribution in [2.24, 2.45) is 22.7 Å². The number of ketones is 2. The molecule has 0 aliphatic heterocycles. The van der Waals surface area contributed by atoms with Gasteiger partial charge in [0.05, 0.1) is 30.2 Å². The van der Waals surface area contributed by atoms with E-state index in [1.54, 1.807) is 13.8 Å². The first-order valence-corrected chi connectivity index (χ1v) is 12.4. The molecule has 40 heavy (non-hydrogen) atoms. The Bertz CT molecular complexity index is 1440. The van der Waals surface area contributed by atoms with Crippen LogP contribution in [-0.4, -0.2) is 87.2 Å². The Morgan fingerprint density at radius 2 is 1.85 bits per heavy atom. The number of nitroso groups, excluding NO2 is 1. The average molecular weight is 556 g/mol. The molecule has 4 rings (SSSR count). The van der Waals surface area contributed by atoms with E-state index < -0.39 is 87.3 Å². The van der Waals surface area contributed by atoms with Gasteiger partial charge in [0.2, 0.25) is 11.3 Å². The van der Waals surface area contributed by atoms with Gasteiger partial charge in [-0.2, -0.15) is 0 Å². The second-order valence-electron chi connectivity index (χ2n) is 10.2. The number of fused-ring (bicyclic) bond motifs is 3. The number of phenols is 1. The number of Topliss-reactive ketones (excluding diaryl/α,β-unsaturated/α-hetero) is 2. The standard InChI is InChI=1S/C27H29N3O10/c1-5-40-13(31)9-7-11-6-8-12-10(2)14-16(21(33)15(12)20(11)32)24(36)27(29-39)18(22(14)34)19(30(3)4)23(35)17(25(27)37)26(28)38/h6-10,14,18-19,22,32,34-36H,5H2,1-4H3,(H2,28,38)/b9-7+/t10-,14+,18+,19-,22-,27-/m0/s1. The predicted molar refractivity (Wildman–Crippen MR) is 139 cm³/mol. The SMILES string of the molecule is CCOC(=O)/C=C/c1ccc2c(c1O)C(=O)C1=C(O)[C@]3(N=O)C(=O)C(C(N)=O)=C(O)[C@@H](N(C)C)[C@@H]3[C@@H](O)[C@@H]1[C@H]2C. The number of ether oxygens (including phenoxy) is 1. The Labute approximate surface area is 228 Å². The Morgan fingerprint density at radius 1 is 1.20 bits per heavy atom. The normalized spacial score (nSPS) is 29.8. The molecule has 1 aromatic carbocycles. The van der Waals surface area contributed by atoms with Crippen molar-refractivity contribution in [2.75, 3.05) is 20.7 Å². The predicted octanol–water partition coefficient (Wildman–Crippen LogP) is 1.00. The average Bonchev–Trinajstić information content (AvgIpc) is 2.88. The van der Waals surface area contributed by atoms with Gasteiger partial charge in [-0.05, 0) is 43.8 Å². The molecule has 0 saturated heterocycles. The highest BCUT2D eigenvalue weighted by atomic mass is 16.5. The summed E-state index contributed by atoms with van der Waals surface area (Å²) < 4.78 is 4.82. The van der Waals surface area contributed by atoms with Crippen molar-refractivity contribution in [3.8, 4) is 5.75 Å². The molecule has 3 aliphatic carbocycles. The second kappa shape index (κ2) is 9.99.